The first-order valence-corrected chi connectivity index (χ1v) is 5.92. The molecule has 0 aliphatic heterocycles. The standard InChI is InChI=1S/C16H17N/c1-3-5-6-10-15(4-2)17-13-12-14-9-7-8-11-16(14)17/h4-13H,2-3H2,1H3/b6-5-,15-10+. The van der Waals surface area contributed by atoms with Crippen LogP contribution in [0.3, 0.4) is 0 Å². The monoisotopic (exact) mass is 223 g/mol. The lowest BCUT2D eigenvalue weighted by Crippen LogP contribution is -1.91. The van der Waals surface area contributed by atoms with E-state index in [0.717, 1.165) is 12.1 Å². The molecule has 0 unspecified atom stereocenters. The first-order valence-electron chi connectivity index (χ1n) is 5.92. The van der Waals surface area contributed by atoms with E-state index in [1.54, 1.807) is 0 Å². The molecule has 1 heterocycles. The van der Waals surface area contributed by atoms with Gasteiger partial charge in [-0.05, 0) is 36.1 Å². The zero-order valence-electron chi connectivity index (χ0n) is 10.1. The third kappa shape index (κ3) is 2.39. The molecule has 1 aromatic carbocycles. The van der Waals surface area contributed by atoms with Crippen LogP contribution in [0.2, 0.25) is 0 Å². The molecule has 2 aromatic rings. The minimum absolute atomic E-state index is 1.05. The molecule has 0 radical (unpaired) electrons. The lowest BCUT2D eigenvalue weighted by atomic mass is 10.2. The van der Waals surface area contributed by atoms with Gasteiger partial charge in [-0.2, -0.15) is 0 Å². The van der Waals surface area contributed by atoms with Gasteiger partial charge >= 0.3 is 0 Å². The van der Waals surface area contributed by atoms with Crippen LogP contribution < -0.4 is 0 Å². The van der Waals surface area contributed by atoms with Gasteiger partial charge in [-0.1, -0.05) is 43.9 Å². The van der Waals surface area contributed by atoms with E-state index in [-0.39, 0.29) is 0 Å². The highest BCUT2D eigenvalue weighted by atomic mass is 15.0. The fraction of sp³-hybridized carbons (Fsp3) is 0.125. The molecule has 1 nitrogen and oxygen atoms in total. The number of rotatable bonds is 4. The third-order valence-electron chi connectivity index (χ3n) is 2.73. The summed E-state index contributed by atoms with van der Waals surface area (Å²) in [5.74, 6) is 0. The summed E-state index contributed by atoms with van der Waals surface area (Å²) in [4.78, 5) is 0. The predicted molar refractivity (Wildman–Crippen MR) is 75.8 cm³/mol. The van der Waals surface area contributed by atoms with Crippen LogP contribution in [0.15, 0.2) is 67.4 Å². The summed E-state index contributed by atoms with van der Waals surface area (Å²) in [5.41, 5.74) is 2.31. The van der Waals surface area contributed by atoms with Gasteiger partial charge in [0.05, 0.1) is 5.52 Å². The Morgan fingerprint density at radius 3 is 2.88 bits per heavy atom. The van der Waals surface area contributed by atoms with E-state index >= 15 is 0 Å². The lowest BCUT2D eigenvalue weighted by molar-refractivity contribution is 1.18. The third-order valence-corrected chi connectivity index (χ3v) is 2.73. The number of allylic oxidation sites excluding steroid dienone is 5. The number of benzene rings is 1. The smallest absolute Gasteiger partial charge is 0.0528 e. The quantitative estimate of drug-likeness (QED) is 0.666. The van der Waals surface area contributed by atoms with Crippen molar-refractivity contribution >= 4 is 16.6 Å². The van der Waals surface area contributed by atoms with Gasteiger partial charge in [0, 0.05) is 11.9 Å². The maximum Gasteiger partial charge on any atom is 0.0528 e. The Morgan fingerprint density at radius 1 is 1.29 bits per heavy atom. The minimum Gasteiger partial charge on any atom is -0.317 e. The summed E-state index contributed by atoms with van der Waals surface area (Å²) in [6, 6.07) is 10.5. The van der Waals surface area contributed by atoms with Crippen molar-refractivity contribution in [2.24, 2.45) is 0 Å². The van der Waals surface area contributed by atoms with Crippen molar-refractivity contribution in [3.8, 4) is 0 Å². The summed E-state index contributed by atoms with van der Waals surface area (Å²) < 4.78 is 2.16. The molecule has 0 saturated heterocycles. The second-order valence-corrected chi connectivity index (χ2v) is 3.88. The van der Waals surface area contributed by atoms with Gasteiger partial charge in [0.15, 0.2) is 0 Å². The molecule has 0 fully saturated rings. The number of hydrogen-bond acceptors (Lipinski definition) is 0. The molecule has 1 aromatic heterocycles. The molecule has 0 aliphatic rings. The topological polar surface area (TPSA) is 4.93 Å². The lowest BCUT2D eigenvalue weighted by Gasteiger charge is -2.05. The molecule has 17 heavy (non-hydrogen) atoms. The SMILES string of the molecule is C=C/C(=C\C=C/CC)n1ccc2ccccc21. The Hall–Kier alpha value is -2.02. The number of aromatic nitrogens is 1. The number of hydrogen-bond donors (Lipinski definition) is 0. The molecule has 0 spiro atoms. The number of para-hydroxylation sites is 1. The van der Waals surface area contributed by atoms with E-state index in [4.69, 9.17) is 0 Å². The Morgan fingerprint density at radius 2 is 2.12 bits per heavy atom. The second-order valence-electron chi connectivity index (χ2n) is 3.88. The molecule has 0 saturated carbocycles. The van der Waals surface area contributed by atoms with Crippen LogP contribution in [0, 0.1) is 0 Å². The highest BCUT2D eigenvalue weighted by Gasteiger charge is 2.00. The van der Waals surface area contributed by atoms with E-state index in [0.29, 0.717) is 0 Å². The summed E-state index contributed by atoms with van der Waals surface area (Å²) >= 11 is 0. The fourth-order valence-electron chi connectivity index (χ4n) is 1.86. The molecule has 2 rings (SSSR count). The number of fused-ring (bicyclic) bond motifs is 1. The van der Waals surface area contributed by atoms with Crippen LogP contribution in [0.5, 0.6) is 0 Å². The van der Waals surface area contributed by atoms with Crippen LogP contribution in [0.1, 0.15) is 13.3 Å². The Bertz CT molecular complexity index is 570. The summed E-state index contributed by atoms with van der Waals surface area (Å²) in [5, 5.41) is 1.25. The summed E-state index contributed by atoms with van der Waals surface area (Å²) in [6.45, 7) is 6.01. The van der Waals surface area contributed by atoms with E-state index in [1.807, 2.05) is 6.08 Å². The van der Waals surface area contributed by atoms with Crippen LogP contribution in [-0.4, -0.2) is 4.57 Å². The number of nitrogens with zero attached hydrogens (tertiary/aromatic N) is 1. The molecule has 0 N–H and O–H groups in total. The maximum absolute atomic E-state index is 3.88. The average Bonchev–Trinajstić information content (AvgIpc) is 2.79. The highest BCUT2D eigenvalue weighted by Crippen LogP contribution is 2.19. The Balaban J connectivity index is 2.47. The molecular weight excluding hydrogens is 206 g/mol. The van der Waals surface area contributed by atoms with Gasteiger partial charge in [0.1, 0.15) is 0 Å². The molecule has 0 bridgehead atoms. The first-order chi connectivity index (χ1) is 8.36. The maximum atomic E-state index is 3.88. The van der Waals surface area contributed by atoms with Gasteiger partial charge in [-0.15, -0.1) is 0 Å². The van der Waals surface area contributed by atoms with Crippen molar-refractivity contribution in [3.63, 3.8) is 0 Å². The predicted octanol–water partition coefficient (Wildman–Crippen LogP) is 4.63. The molecular formula is C16H17N. The molecule has 0 atom stereocenters. The van der Waals surface area contributed by atoms with E-state index in [1.165, 1.54) is 10.9 Å². The fourth-order valence-corrected chi connectivity index (χ4v) is 1.86. The van der Waals surface area contributed by atoms with Gasteiger partial charge in [-0.25, -0.2) is 0 Å². The molecule has 0 aliphatic carbocycles. The Labute approximate surface area is 102 Å². The zero-order chi connectivity index (χ0) is 12.1. The summed E-state index contributed by atoms with van der Waals surface area (Å²) in [7, 11) is 0. The van der Waals surface area contributed by atoms with Crippen molar-refractivity contribution < 1.29 is 0 Å². The highest BCUT2D eigenvalue weighted by molar-refractivity contribution is 5.84. The van der Waals surface area contributed by atoms with Gasteiger partial charge in [0.2, 0.25) is 0 Å². The minimum atomic E-state index is 1.05. The molecule has 1 heteroatoms. The van der Waals surface area contributed by atoms with E-state index < -0.39 is 0 Å². The van der Waals surface area contributed by atoms with Crippen LogP contribution in [0.4, 0.5) is 0 Å². The summed E-state index contributed by atoms with van der Waals surface area (Å²) in [6.07, 6.45) is 11.3. The van der Waals surface area contributed by atoms with Crippen molar-refractivity contribution in [2.75, 3.05) is 0 Å². The molecule has 0 amide bonds. The van der Waals surface area contributed by atoms with Crippen molar-refractivity contribution in [2.45, 2.75) is 13.3 Å². The van der Waals surface area contributed by atoms with Crippen LogP contribution in [0.25, 0.3) is 16.6 Å². The largest absolute Gasteiger partial charge is 0.317 e. The van der Waals surface area contributed by atoms with E-state index in [9.17, 15) is 0 Å². The van der Waals surface area contributed by atoms with Gasteiger partial charge < -0.3 is 4.57 Å². The van der Waals surface area contributed by atoms with E-state index in [2.05, 4.69) is 72.8 Å². The molecule has 86 valence electrons. The average molecular weight is 223 g/mol. The van der Waals surface area contributed by atoms with Crippen molar-refractivity contribution in [3.05, 3.63) is 67.4 Å². The normalized spacial score (nSPS) is 12.4. The van der Waals surface area contributed by atoms with Gasteiger partial charge in [0.25, 0.3) is 0 Å². The van der Waals surface area contributed by atoms with Crippen molar-refractivity contribution in [1.29, 1.82) is 0 Å². The zero-order valence-corrected chi connectivity index (χ0v) is 10.1. The van der Waals surface area contributed by atoms with Crippen LogP contribution >= 0.6 is 0 Å². The second kappa shape index (κ2) is 5.35. The van der Waals surface area contributed by atoms with Gasteiger partial charge in [-0.3, -0.25) is 0 Å². The van der Waals surface area contributed by atoms with Crippen LogP contribution in [-0.2, 0) is 0 Å². The first kappa shape index (κ1) is 11.5. The Kier molecular flexibility index (Phi) is 3.61. The van der Waals surface area contributed by atoms with Crippen molar-refractivity contribution in [1.82, 2.24) is 4.57 Å².